The number of carbonyl (C=O) groups is 1. The molecule has 0 heterocycles. The first kappa shape index (κ1) is 13.2. The highest BCUT2D eigenvalue weighted by Gasteiger charge is 2.49. The van der Waals surface area contributed by atoms with Gasteiger partial charge in [0.1, 0.15) is 5.41 Å². The van der Waals surface area contributed by atoms with Gasteiger partial charge in [0.25, 0.3) is 0 Å². The van der Waals surface area contributed by atoms with Gasteiger partial charge in [0.2, 0.25) is 5.91 Å². The van der Waals surface area contributed by atoms with E-state index in [1.807, 2.05) is 6.92 Å². The number of hydrogen-bond acceptors (Lipinski definition) is 2. The molecule has 1 aliphatic carbocycles. The first-order chi connectivity index (χ1) is 8.48. The van der Waals surface area contributed by atoms with Crippen LogP contribution in [0.5, 0.6) is 0 Å². The maximum atomic E-state index is 12.1. The highest BCUT2D eigenvalue weighted by atomic mass is 35.5. The van der Waals surface area contributed by atoms with Crippen LogP contribution in [-0.4, -0.2) is 5.91 Å². The second kappa shape index (κ2) is 4.79. The minimum atomic E-state index is -0.929. The Morgan fingerprint density at radius 3 is 2.44 bits per heavy atom. The summed E-state index contributed by atoms with van der Waals surface area (Å²) in [5.41, 5.74) is -0.554. The number of nitrogens with zero attached hydrogens (tertiary/aromatic N) is 1. The Hall–Kier alpha value is -1.24. The van der Waals surface area contributed by atoms with Gasteiger partial charge in [0.15, 0.2) is 0 Å². The zero-order chi connectivity index (χ0) is 13.3. The van der Waals surface area contributed by atoms with Crippen molar-refractivity contribution in [1.82, 2.24) is 0 Å². The summed E-state index contributed by atoms with van der Waals surface area (Å²) < 4.78 is 0. The van der Waals surface area contributed by atoms with E-state index in [1.54, 1.807) is 18.2 Å². The van der Waals surface area contributed by atoms with E-state index in [-0.39, 0.29) is 5.91 Å². The summed E-state index contributed by atoms with van der Waals surface area (Å²) >= 11 is 11.9. The van der Waals surface area contributed by atoms with Crippen LogP contribution in [0.2, 0.25) is 10.0 Å². The van der Waals surface area contributed by atoms with Crippen molar-refractivity contribution in [3.05, 3.63) is 28.2 Å². The lowest BCUT2D eigenvalue weighted by Gasteiger charge is -2.39. The van der Waals surface area contributed by atoms with Gasteiger partial charge in [0, 0.05) is 0 Å². The Kier molecular flexibility index (Phi) is 3.52. The number of amides is 1. The molecule has 94 valence electrons. The summed E-state index contributed by atoms with van der Waals surface area (Å²) in [6.07, 6.45) is 1.16. The number of rotatable bonds is 2. The van der Waals surface area contributed by atoms with Gasteiger partial charge in [-0.2, -0.15) is 5.26 Å². The monoisotopic (exact) mass is 282 g/mol. The molecule has 1 saturated carbocycles. The van der Waals surface area contributed by atoms with Crippen LogP contribution in [0, 0.1) is 22.7 Å². The number of nitriles is 1. The van der Waals surface area contributed by atoms with Crippen LogP contribution in [0.25, 0.3) is 0 Å². The Morgan fingerprint density at radius 1 is 1.44 bits per heavy atom. The third kappa shape index (κ3) is 2.19. The van der Waals surface area contributed by atoms with Crippen LogP contribution in [-0.2, 0) is 4.79 Å². The van der Waals surface area contributed by atoms with Crippen LogP contribution in [0.3, 0.4) is 0 Å². The van der Waals surface area contributed by atoms with E-state index < -0.39 is 5.41 Å². The lowest BCUT2D eigenvalue weighted by molar-refractivity contribution is -0.128. The smallest absolute Gasteiger partial charge is 0.244 e. The van der Waals surface area contributed by atoms with Crippen LogP contribution < -0.4 is 5.32 Å². The van der Waals surface area contributed by atoms with E-state index in [9.17, 15) is 4.79 Å². The molecule has 0 spiro atoms. The fourth-order valence-corrected chi connectivity index (χ4v) is 2.80. The molecule has 1 aliphatic rings. The molecule has 1 aromatic rings. The predicted molar refractivity (Wildman–Crippen MR) is 71.5 cm³/mol. The fourth-order valence-electron chi connectivity index (χ4n) is 2.31. The fraction of sp³-hybridized carbons (Fsp3) is 0.385. The molecule has 1 N–H and O–H groups in total. The number of benzene rings is 1. The summed E-state index contributed by atoms with van der Waals surface area (Å²) in [6.45, 7) is 2.02. The van der Waals surface area contributed by atoms with Crippen molar-refractivity contribution in [1.29, 1.82) is 5.26 Å². The largest absolute Gasteiger partial charge is 0.322 e. The van der Waals surface area contributed by atoms with Gasteiger partial charge in [0.05, 0.1) is 21.8 Å². The molecule has 1 aromatic carbocycles. The number of nitrogens with one attached hydrogen (secondary N) is 1. The Morgan fingerprint density at radius 2 is 2.00 bits per heavy atom. The van der Waals surface area contributed by atoms with E-state index in [0.717, 1.165) is 0 Å². The van der Waals surface area contributed by atoms with Gasteiger partial charge in [-0.15, -0.1) is 0 Å². The standard InChI is InChI=1S/C13H12Cl2N2O/c1-8-5-13(6-8,7-16)12(18)17-11-9(14)3-2-4-10(11)15/h2-4,8H,5-6H2,1H3,(H,17,18). The highest BCUT2D eigenvalue weighted by molar-refractivity contribution is 6.39. The Bertz CT molecular complexity index is 510. The van der Waals surface area contributed by atoms with E-state index >= 15 is 0 Å². The van der Waals surface area contributed by atoms with Gasteiger partial charge in [-0.3, -0.25) is 4.79 Å². The molecule has 0 bridgehead atoms. The van der Waals surface area contributed by atoms with Gasteiger partial charge < -0.3 is 5.32 Å². The van der Waals surface area contributed by atoms with Crippen molar-refractivity contribution in [2.45, 2.75) is 19.8 Å². The van der Waals surface area contributed by atoms with Crippen LogP contribution in [0.15, 0.2) is 18.2 Å². The van der Waals surface area contributed by atoms with E-state index in [4.69, 9.17) is 28.5 Å². The number of carbonyl (C=O) groups excluding carboxylic acids is 1. The molecule has 0 atom stereocenters. The maximum absolute atomic E-state index is 12.1. The predicted octanol–water partition coefficient (Wildman–Crippen LogP) is 3.87. The zero-order valence-electron chi connectivity index (χ0n) is 9.84. The summed E-state index contributed by atoms with van der Waals surface area (Å²) in [6, 6.07) is 7.09. The molecule has 0 saturated heterocycles. The Labute approximate surface area is 116 Å². The van der Waals surface area contributed by atoms with E-state index in [0.29, 0.717) is 34.5 Å². The van der Waals surface area contributed by atoms with E-state index in [2.05, 4.69) is 11.4 Å². The number of anilines is 1. The molecule has 0 unspecified atom stereocenters. The molecule has 3 nitrogen and oxygen atoms in total. The molecule has 5 heteroatoms. The Balaban J connectivity index is 2.20. The highest BCUT2D eigenvalue weighted by Crippen LogP contribution is 2.46. The van der Waals surface area contributed by atoms with E-state index in [1.165, 1.54) is 0 Å². The van der Waals surface area contributed by atoms with Crippen molar-refractivity contribution in [2.24, 2.45) is 11.3 Å². The molecule has 1 amide bonds. The molecular weight excluding hydrogens is 271 g/mol. The average Bonchev–Trinajstić information content (AvgIpc) is 2.29. The molecule has 0 aromatic heterocycles. The first-order valence-electron chi connectivity index (χ1n) is 5.65. The van der Waals surface area contributed by atoms with Crippen LogP contribution in [0.1, 0.15) is 19.8 Å². The minimum absolute atomic E-state index is 0.321. The van der Waals surface area contributed by atoms with Crippen molar-refractivity contribution >= 4 is 34.8 Å². The lowest BCUT2D eigenvalue weighted by atomic mass is 9.63. The summed E-state index contributed by atoms with van der Waals surface area (Å²) in [4.78, 5) is 12.1. The number of hydrogen-bond donors (Lipinski definition) is 1. The molecule has 1 fully saturated rings. The van der Waals surface area contributed by atoms with Crippen molar-refractivity contribution in [2.75, 3.05) is 5.32 Å². The number of halogens is 2. The third-order valence-electron chi connectivity index (χ3n) is 3.24. The summed E-state index contributed by atoms with van der Waals surface area (Å²) in [5.74, 6) is 0.0789. The quantitative estimate of drug-likeness (QED) is 0.895. The van der Waals surface area contributed by atoms with Crippen LogP contribution in [0.4, 0.5) is 5.69 Å². The van der Waals surface area contributed by atoms with Gasteiger partial charge in [-0.05, 0) is 30.9 Å². The van der Waals surface area contributed by atoms with Gasteiger partial charge in [-0.1, -0.05) is 36.2 Å². The maximum Gasteiger partial charge on any atom is 0.244 e. The van der Waals surface area contributed by atoms with Gasteiger partial charge >= 0.3 is 0 Å². The SMILES string of the molecule is CC1CC(C#N)(C(=O)Nc2c(Cl)cccc2Cl)C1. The molecule has 2 rings (SSSR count). The first-order valence-corrected chi connectivity index (χ1v) is 6.41. The minimum Gasteiger partial charge on any atom is -0.322 e. The van der Waals surface area contributed by atoms with Gasteiger partial charge in [-0.25, -0.2) is 0 Å². The number of para-hydroxylation sites is 1. The van der Waals surface area contributed by atoms with Crippen molar-refractivity contribution in [3.8, 4) is 6.07 Å². The van der Waals surface area contributed by atoms with Crippen LogP contribution >= 0.6 is 23.2 Å². The van der Waals surface area contributed by atoms with Crippen molar-refractivity contribution < 1.29 is 4.79 Å². The average molecular weight is 283 g/mol. The molecule has 18 heavy (non-hydrogen) atoms. The molecule has 0 aliphatic heterocycles. The normalized spacial score (nSPS) is 26.0. The molecular formula is C13H12Cl2N2O. The second-order valence-corrected chi connectivity index (χ2v) is 5.57. The molecule has 0 radical (unpaired) electrons. The topological polar surface area (TPSA) is 52.9 Å². The second-order valence-electron chi connectivity index (χ2n) is 4.76. The lowest BCUT2D eigenvalue weighted by Crippen LogP contribution is -2.45. The zero-order valence-corrected chi connectivity index (χ0v) is 11.3. The summed E-state index contributed by atoms with van der Waals surface area (Å²) in [7, 11) is 0. The van der Waals surface area contributed by atoms with Crippen molar-refractivity contribution in [3.63, 3.8) is 0 Å². The summed E-state index contributed by atoms with van der Waals surface area (Å²) in [5, 5.41) is 12.6. The third-order valence-corrected chi connectivity index (χ3v) is 3.87.